The highest BCUT2D eigenvalue weighted by Gasteiger charge is 2.16. The van der Waals surface area contributed by atoms with Crippen LogP contribution in [0.5, 0.6) is 0 Å². The maximum absolute atomic E-state index is 11.3. The minimum atomic E-state index is 0.0655. The molecule has 0 aromatic carbocycles. The third-order valence-corrected chi connectivity index (χ3v) is 3.05. The molecule has 104 valence electrons. The number of nitrogens with zero attached hydrogens (tertiary/aromatic N) is 2. The Labute approximate surface area is 114 Å². The lowest BCUT2D eigenvalue weighted by Gasteiger charge is -2.27. The van der Waals surface area contributed by atoms with Gasteiger partial charge >= 0.3 is 0 Å². The quantitative estimate of drug-likeness (QED) is 0.823. The summed E-state index contributed by atoms with van der Waals surface area (Å²) in [6, 6.07) is 4.06. The van der Waals surface area contributed by atoms with Crippen molar-refractivity contribution in [3.05, 3.63) is 23.9 Å². The van der Waals surface area contributed by atoms with Crippen molar-refractivity contribution >= 4 is 11.7 Å². The normalized spacial score (nSPS) is 15.7. The van der Waals surface area contributed by atoms with E-state index < -0.39 is 0 Å². The van der Waals surface area contributed by atoms with Crippen LogP contribution in [0.1, 0.15) is 19.4 Å². The largest absolute Gasteiger partial charge is 0.353 e. The van der Waals surface area contributed by atoms with Crippen LogP contribution in [-0.2, 0) is 11.3 Å². The lowest BCUT2D eigenvalue weighted by molar-refractivity contribution is -0.120. The molecule has 0 radical (unpaired) electrons. The predicted molar refractivity (Wildman–Crippen MR) is 76.0 cm³/mol. The summed E-state index contributed by atoms with van der Waals surface area (Å²) >= 11 is 0. The van der Waals surface area contributed by atoms with Crippen LogP contribution in [0, 0.1) is 5.92 Å². The lowest BCUT2D eigenvalue weighted by atomic mass is 10.2. The maximum atomic E-state index is 11.3. The SMILES string of the molecule is CC(C)CNCc1ccc(N2CCNC(=O)C2)nc1. The van der Waals surface area contributed by atoms with Crippen molar-refractivity contribution in [1.82, 2.24) is 15.6 Å². The summed E-state index contributed by atoms with van der Waals surface area (Å²) in [7, 11) is 0. The summed E-state index contributed by atoms with van der Waals surface area (Å²) in [5.41, 5.74) is 1.17. The van der Waals surface area contributed by atoms with E-state index in [1.165, 1.54) is 5.56 Å². The Morgan fingerprint density at radius 2 is 2.32 bits per heavy atom. The van der Waals surface area contributed by atoms with E-state index >= 15 is 0 Å². The Balaban J connectivity index is 1.88. The van der Waals surface area contributed by atoms with Gasteiger partial charge in [-0.3, -0.25) is 4.79 Å². The van der Waals surface area contributed by atoms with Crippen LogP contribution in [0.3, 0.4) is 0 Å². The number of amides is 1. The highest BCUT2D eigenvalue weighted by atomic mass is 16.2. The molecule has 2 heterocycles. The average Bonchev–Trinajstić information content (AvgIpc) is 2.39. The fraction of sp³-hybridized carbons (Fsp3) is 0.571. The first-order valence-electron chi connectivity index (χ1n) is 6.82. The van der Waals surface area contributed by atoms with Crippen molar-refractivity contribution in [1.29, 1.82) is 0 Å². The van der Waals surface area contributed by atoms with E-state index in [1.54, 1.807) is 0 Å². The van der Waals surface area contributed by atoms with Crippen molar-refractivity contribution in [3.8, 4) is 0 Å². The molecule has 0 spiro atoms. The third-order valence-electron chi connectivity index (χ3n) is 3.05. The van der Waals surface area contributed by atoms with E-state index in [1.807, 2.05) is 17.2 Å². The number of anilines is 1. The van der Waals surface area contributed by atoms with E-state index in [2.05, 4.69) is 35.5 Å². The number of piperazine rings is 1. The van der Waals surface area contributed by atoms with E-state index in [4.69, 9.17) is 0 Å². The zero-order chi connectivity index (χ0) is 13.7. The van der Waals surface area contributed by atoms with Gasteiger partial charge in [0.1, 0.15) is 5.82 Å². The van der Waals surface area contributed by atoms with Gasteiger partial charge in [-0.25, -0.2) is 4.98 Å². The van der Waals surface area contributed by atoms with Gasteiger partial charge in [-0.15, -0.1) is 0 Å². The number of aromatic nitrogens is 1. The molecule has 1 aliphatic heterocycles. The van der Waals surface area contributed by atoms with Gasteiger partial charge in [-0.1, -0.05) is 19.9 Å². The molecule has 1 aromatic heterocycles. The molecule has 0 unspecified atom stereocenters. The minimum Gasteiger partial charge on any atom is -0.353 e. The summed E-state index contributed by atoms with van der Waals surface area (Å²) in [4.78, 5) is 17.8. The van der Waals surface area contributed by atoms with Gasteiger partial charge in [0.05, 0.1) is 6.54 Å². The average molecular weight is 262 g/mol. The molecule has 1 fully saturated rings. The lowest BCUT2D eigenvalue weighted by Crippen LogP contribution is -2.48. The molecule has 0 bridgehead atoms. The van der Waals surface area contributed by atoms with Crippen LogP contribution in [0.4, 0.5) is 5.82 Å². The van der Waals surface area contributed by atoms with Crippen molar-refractivity contribution in [2.75, 3.05) is 31.1 Å². The molecule has 0 atom stereocenters. The molecule has 1 amide bonds. The van der Waals surface area contributed by atoms with Gasteiger partial charge in [0.2, 0.25) is 5.91 Å². The molecule has 0 saturated carbocycles. The Hall–Kier alpha value is -1.62. The molecular weight excluding hydrogens is 240 g/mol. The second-order valence-electron chi connectivity index (χ2n) is 5.32. The molecular formula is C14H22N4O. The monoisotopic (exact) mass is 262 g/mol. The van der Waals surface area contributed by atoms with Gasteiger partial charge in [0.25, 0.3) is 0 Å². The predicted octanol–water partition coefficient (Wildman–Crippen LogP) is 0.763. The highest BCUT2D eigenvalue weighted by Crippen LogP contribution is 2.12. The molecule has 1 aliphatic rings. The second kappa shape index (κ2) is 6.52. The van der Waals surface area contributed by atoms with E-state index in [9.17, 15) is 4.79 Å². The summed E-state index contributed by atoms with van der Waals surface area (Å²) in [6.45, 7) is 8.14. The highest BCUT2D eigenvalue weighted by molar-refractivity contribution is 5.82. The van der Waals surface area contributed by atoms with E-state index in [0.29, 0.717) is 19.0 Å². The Morgan fingerprint density at radius 1 is 1.47 bits per heavy atom. The standard InChI is InChI=1S/C14H22N4O/c1-11(2)7-15-8-12-3-4-13(17-9-12)18-6-5-16-14(19)10-18/h3-4,9,11,15H,5-8,10H2,1-2H3,(H,16,19). The number of hydrogen-bond donors (Lipinski definition) is 2. The molecule has 1 aromatic rings. The Bertz CT molecular complexity index is 416. The van der Waals surface area contributed by atoms with Crippen molar-refractivity contribution in [3.63, 3.8) is 0 Å². The molecule has 2 N–H and O–H groups in total. The van der Waals surface area contributed by atoms with Crippen molar-refractivity contribution in [2.24, 2.45) is 5.92 Å². The summed E-state index contributed by atoms with van der Waals surface area (Å²) < 4.78 is 0. The Morgan fingerprint density at radius 3 is 2.95 bits per heavy atom. The zero-order valence-electron chi connectivity index (χ0n) is 11.6. The van der Waals surface area contributed by atoms with Gasteiger partial charge in [-0.2, -0.15) is 0 Å². The van der Waals surface area contributed by atoms with Crippen LogP contribution in [0.15, 0.2) is 18.3 Å². The third kappa shape index (κ3) is 4.21. The van der Waals surface area contributed by atoms with Crippen molar-refractivity contribution < 1.29 is 4.79 Å². The van der Waals surface area contributed by atoms with Gasteiger partial charge in [-0.05, 0) is 24.1 Å². The number of carbonyl (C=O) groups excluding carboxylic acids is 1. The first-order valence-corrected chi connectivity index (χ1v) is 6.82. The minimum absolute atomic E-state index is 0.0655. The summed E-state index contributed by atoms with van der Waals surface area (Å²) in [5, 5.41) is 6.20. The maximum Gasteiger partial charge on any atom is 0.239 e. The molecule has 0 aliphatic carbocycles. The number of carbonyl (C=O) groups is 1. The van der Waals surface area contributed by atoms with E-state index in [0.717, 1.165) is 25.5 Å². The smallest absolute Gasteiger partial charge is 0.239 e. The second-order valence-corrected chi connectivity index (χ2v) is 5.32. The molecule has 5 nitrogen and oxygen atoms in total. The number of nitrogens with one attached hydrogen (secondary N) is 2. The fourth-order valence-corrected chi connectivity index (χ4v) is 2.05. The topological polar surface area (TPSA) is 57.3 Å². The van der Waals surface area contributed by atoms with E-state index in [-0.39, 0.29) is 5.91 Å². The molecule has 1 saturated heterocycles. The fourth-order valence-electron chi connectivity index (χ4n) is 2.05. The van der Waals surface area contributed by atoms with Crippen LogP contribution in [0.25, 0.3) is 0 Å². The number of pyridine rings is 1. The van der Waals surface area contributed by atoms with Crippen LogP contribution < -0.4 is 15.5 Å². The number of rotatable bonds is 5. The van der Waals surface area contributed by atoms with Crippen LogP contribution in [0.2, 0.25) is 0 Å². The van der Waals surface area contributed by atoms with Gasteiger partial charge in [0.15, 0.2) is 0 Å². The molecule has 2 rings (SSSR count). The zero-order valence-corrected chi connectivity index (χ0v) is 11.6. The summed E-state index contributed by atoms with van der Waals surface area (Å²) in [5.74, 6) is 1.59. The number of hydrogen-bond acceptors (Lipinski definition) is 4. The Kier molecular flexibility index (Phi) is 4.74. The van der Waals surface area contributed by atoms with Crippen LogP contribution in [-0.4, -0.2) is 37.1 Å². The first kappa shape index (κ1) is 13.8. The molecule has 5 heteroatoms. The van der Waals surface area contributed by atoms with Crippen LogP contribution >= 0.6 is 0 Å². The van der Waals surface area contributed by atoms with Crippen molar-refractivity contribution in [2.45, 2.75) is 20.4 Å². The van der Waals surface area contributed by atoms with Gasteiger partial charge in [0, 0.05) is 25.8 Å². The first-order chi connectivity index (χ1) is 9.15. The summed E-state index contributed by atoms with van der Waals surface area (Å²) in [6.07, 6.45) is 1.88. The van der Waals surface area contributed by atoms with Gasteiger partial charge < -0.3 is 15.5 Å². The molecule has 19 heavy (non-hydrogen) atoms.